The van der Waals surface area contributed by atoms with Crippen LogP contribution in [-0.4, -0.2) is 36.9 Å². The normalized spacial score (nSPS) is 10.8. The van der Waals surface area contributed by atoms with E-state index in [-0.39, 0.29) is 43.2 Å². The highest BCUT2D eigenvalue weighted by Crippen LogP contribution is 2.08. The topological polar surface area (TPSA) is 81.7 Å². The predicted molar refractivity (Wildman–Crippen MR) is 106 cm³/mol. The smallest absolute Gasteiger partial charge is 0.306 e. The van der Waals surface area contributed by atoms with Crippen molar-refractivity contribution in [1.82, 2.24) is 5.32 Å². The van der Waals surface area contributed by atoms with E-state index >= 15 is 0 Å². The first-order valence-electron chi connectivity index (χ1n) is 9.52. The van der Waals surface area contributed by atoms with Gasteiger partial charge in [0.05, 0.1) is 12.5 Å². The van der Waals surface area contributed by atoms with Crippen LogP contribution in [0.15, 0.2) is 30.3 Å². The van der Waals surface area contributed by atoms with Crippen LogP contribution in [0, 0.1) is 0 Å². The van der Waals surface area contributed by atoms with Crippen molar-refractivity contribution < 1.29 is 23.9 Å². The van der Waals surface area contributed by atoms with E-state index in [1.807, 2.05) is 32.0 Å². The number of hydrogen-bond donors (Lipinski definition) is 1. The SMILES string of the molecule is CCC(C)OC(=O)CCC(=O)COc1ccccc1.CCCCNC(C)=O. The molecule has 0 fully saturated rings. The Morgan fingerprint density at radius 1 is 1.07 bits per heavy atom. The van der Waals surface area contributed by atoms with E-state index in [0.717, 1.165) is 25.8 Å². The number of carbonyl (C=O) groups excluding carboxylic acids is 3. The molecule has 0 aliphatic rings. The molecule has 0 bridgehead atoms. The average Bonchev–Trinajstić information content (AvgIpc) is 2.66. The number of esters is 1. The van der Waals surface area contributed by atoms with E-state index in [9.17, 15) is 14.4 Å². The van der Waals surface area contributed by atoms with Crippen LogP contribution in [0.25, 0.3) is 0 Å². The summed E-state index contributed by atoms with van der Waals surface area (Å²) in [5.74, 6) is 0.281. The second-order valence-electron chi connectivity index (χ2n) is 6.19. The summed E-state index contributed by atoms with van der Waals surface area (Å²) < 4.78 is 10.4. The minimum atomic E-state index is -0.331. The van der Waals surface area contributed by atoms with Crippen LogP contribution in [0.2, 0.25) is 0 Å². The molecule has 1 amide bonds. The van der Waals surface area contributed by atoms with E-state index in [1.165, 1.54) is 6.92 Å². The van der Waals surface area contributed by atoms with Crippen molar-refractivity contribution in [1.29, 1.82) is 0 Å². The van der Waals surface area contributed by atoms with Crippen LogP contribution in [0.3, 0.4) is 0 Å². The van der Waals surface area contributed by atoms with Crippen molar-refractivity contribution in [2.24, 2.45) is 0 Å². The highest BCUT2D eigenvalue weighted by Gasteiger charge is 2.11. The Morgan fingerprint density at radius 3 is 2.30 bits per heavy atom. The van der Waals surface area contributed by atoms with Crippen molar-refractivity contribution in [2.45, 2.75) is 65.9 Å². The lowest BCUT2D eigenvalue weighted by Gasteiger charge is -2.10. The summed E-state index contributed by atoms with van der Waals surface area (Å²) in [5.41, 5.74) is 0. The fourth-order valence-electron chi connectivity index (χ4n) is 1.80. The fourth-order valence-corrected chi connectivity index (χ4v) is 1.80. The van der Waals surface area contributed by atoms with Crippen molar-refractivity contribution in [3.8, 4) is 5.75 Å². The van der Waals surface area contributed by atoms with E-state index < -0.39 is 0 Å². The Labute approximate surface area is 162 Å². The van der Waals surface area contributed by atoms with Gasteiger partial charge in [-0.25, -0.2) is 0 Å². The number of unbranched alkanes of at least 4 members (excludes halogenated alkanes) is 1. The monoisotopic (exact) mass is 379 g/mol. The van der Waals surface area contributed by atoms with Crippen LogP contribution >= 0.6 is 0 Å². The van der Waals surface area contributed by atoms with Crippen LogP contribution in [-0.2, 0) is 19.1 Å². The molecule has 0 heterocycles. The Balaban J connectivity index is 0.000000713. The lowest BCUT2D eigenvalue weighted by atomic mass is 10.2. The van der Waals surface area contributed by atoms with E-state index in [2.05, 4.69) is 12.2 Å². The number of ether oxygens (including phenoxy) is 2. The zero-order valence-electron chi connectivity index (χ0n) is 17.0. The van der Waals surface area contributed by atoms with Gasteiger partial charge < -0.3 is 14.8 Å². The molecule has 0 saturated carbocycles. The molecular weight excluding hydrogens is 346 g/mol. The molecule has 0 radical (unpaired) electrons. The number of benzene rings is 1. The molecule has 0 saturated heterocycles. The van der Waals surface area contributed by atoms with Gasteiger partial charge >= 0.3 is 5.97 Å². The molecule has 152 valence electrons. The molecule has 1 unspecified atom stereocenters. The van der Waals surface area contributed by atoms with Crippen LogP contribution in [0.1, 0.15) is 59.8 Å². The number of hydrogen-bond acceptors (Lipinski definition) is 5. The summed E-state index contributed by atoms with van der Waals surface area (Å²) in [5, 5.41) is 2.71. The Hall–Kier alpha value is -2.37. The Kier molecular flexibility index (Phi) is 14.5. The standard InChI is InChI=1S/C15H20O4.C6H13NO/c1-3-12(2)19-15(17)10-9-13(16)11-18-14-7-5-4-6-8-14;1-3-4-5-7-6(2)8/h4-8,12H,3,9-11H2,1-2H3;3-5H2,1-2H3,(H,7,8). The maximum Gasteiger partial charge on any atom is 0.306 e. The molecule has 27 heavy (non-hydrogen) atoms. The van der Waals surface area contributed by atoms with Crippen molar-refractivity contribution in [2.75, 3.05) is 13.2 Å². The van der Waals surface area contributed by atoms with Gasteiger partial charge in [0.1, 0.15) is 12.4 Å². The fraction of sp³-hybridized carbons (Fsp3) is 0.571. The molecule has 1 aromatic carbocycles. The lowest BCUT2D eigenvalue weighted by Crippen LogP contribution is -2.20. The molecule has 1 rings (SSSR count). The van der Waals surface area contributed by atoms with Gasteiger partial charge in [-0.1, -0.05) is 38.5 Å². The number of nitrogens with one attached hydrogen (secondary N) is 1. The maximum atomic E-state index is 11.5. The number of amides is 1. The quantitative estimate of drug-likeness (QED) is 0.468. The zero-order valence-corrected chi connectivity index (χ0v) is 17.0. The second kappa shape index (κ2) is 15.9. The number of Topliss-reactive ketones (excluding diaryl/α,β-unsaturated/α-hetero) is 1. The van der Waals surface area contributed by atoms with Crippen molar-refractivity contribution in [3.05, 3.63) is 30.3 Å². The van der Waals surface area contributed by atoms with Crippen LogP contribution < -0.4 is 10.1 Å². The molecule has 0 aliphatic carbocycles. The van der Waals surface area contributed by atoms with Gasteiger partial charge in [-0.15, -0.1) is 0 Å². The molecule has 0 aliphatic heterocycles. The average molecular weight is 379 g/mol. The van der Waals surface area contributed by atoms with Gasteiger partial charge in [-0.2, -0.15) is 0 Å². The van der Waals surface area contributed by atoms with Crippen molar-refractivity contribution in [3.63, 3.8) is 0 Å². The third kappa shape index (κ3) is 15.6. The number of ketones is 1. The summed E-state index contributed by atoms with van der Waals surface area (Å²) in [6.45, 7) is 8.22. The van der Waals surface area contributed by atoms with Gasteiger partial charge in [-0.3, -0.25) is 14.4 Å². The predicted octanol–water partition coefficient (Wildman–Crippen LogP) is 3.68. The molecule has 6 heteroatoms. The third-order valence-corrected chi connectivity index (χ3v) is 3.56. The molecular formula is C21H33NO5. The minimum absolute atomic E-state index is 0.0133. The summed E-state index contributed by atoms with van der Waals surface area (Å²) >= 11 is 0. The number of carbonyl (C=O) groups is 3. The van der Waals surface area contributed by atoms with Gasteiger partial charge in [-0.05, 0) is 31.9 Å². The third-order valence-electron chi connectivity index (χ3n) is 3.56. The molecule has 6 nitrogen and oxygen atoms in total. The highest BCUT2D eigenvalue weighted by molar-refractivity contribution is 5.84. The molecule has 1 N–H and O–H groups in total. The number of rotatable bonds is 11. The Bertz CT molecular complexity index is 545. The van der Waals surface area contributed by atoms with Gasteiger partial charge in [0, 0.05) is 19.9 Å². The van der Waals surface area contributed by atoms with Gasteiger partial charge in [0.25, 0.3) is 0 Å². The van der Waals surface area contributed by atoms with Crippen LogP contribution in [0.4, 0.5) is 0 Å². The molecule has 1 aromatic rings. The number of para-hydroxylation sites is 1. The molecule has 0 aromatic heterocycles. The van der Waals surface area contributed by atoms with E-state index in [4.69, 9.17) is 9.47 Å². The first-order valence-corrected chi connectivity index (χ1v) is 9.52. The first kappa shape index (κ1) is 24.6. The largest absolute Gasteiger partial charge is 0.486 e. The van der Waals surface area contributed by atoms with Crippen molar-refractivity contribution >= 4 is 17.7 Å². The van der Waals surface area contributed by atoms with E-state index in [0.29, 0.717) is 5.75 Å². The molecule has 0 spiro atoms. The zero-order chi connectivity index (χ0) is 20.5. The summed E-state index contributed by atoms with van der Waals surface area (Å²) in [6, 6.07) is 9.11. The second-order valence-corrected chi connectivity index (χ2v) is 6.19. The highest BCUT2D eigenvalue weighted by atomic mass is 16.5. The van der Waals surface area contributed by atoms with E-state index in [1.54, 1.807) is 12.1 Å². The summed E-state index contributed by atoms with van der Waals surface area (Å²) in [4.78, 5) is 33.1. The maximum absolute atomic E-state index is 11.5. The van der Waals surface area contributed by atoms with Gasteiger partial charge in [0.15, 0.2) is 5.78 Å². The molecule has 1 atom stereocenters. The Morgan fingerprint density at radius 2 is 1.74 bits per heavy atom. The minimum Gasteiger partial charge on any atom is -0.486 e. The summed E-state index contributed by atoms with van der Waals surface area (Å²) in [7, 11) is 0. The lowest BCUT2D eigenvalue weighted by molar-refractivity contribution is -0.149. The summed E-state index contributed by atoms with van der Waals surface area (Å²) in [6.07, 6.45) is 3.17. The van der Waals surface area contributed by atoms with Gasteiger partial charge in [0.2, 0.25) is 5.91 Å². The van der Waals surface area contributed by atoms with Crippen LogP contribution in [0.5, 0.6) is 5.75 Å². The first-order chi connectivity index (χ1) is 12.9.